The summed E-state index contributed by atoms with van der Waals surface area (Å²) in [5.41, 5.74) is 2.32. The second-order valence-corrected chi connectivity index (χ2v) is 8.89. The van der Waals surface area contributed by atoms with Gasteiger partial charge >= 0.3 is 0 Å². The first-order valence-corrected chi connectivity index (χ1v) is 9.81. The highest BCUT2D eigenvalue weighted by atomic mass is 32.2. The third-order valence-electron chi connectivity index (χ3n) is 5.01. The third-order valence-corrected chi connectivity index (χ3v) is 6.85. The lowest BCUT2D eigenvalue weighted by Gasteiger charge is -2.39. The van der Waals surface area contributed by atoms with Crippen LogP contribution in [0.3, 0.4) is 0 Å². The monoisotopic (exact) mass is 352 g/mol. The molecule has 1 aromatic heterocycles. The normalized spacial score (nSPS) is 16.6. The summed E-state index contributed by atoms with van der Waals surface area (Å²) in [6.45, 7) is 4.79. The first-order chi connectivity index (χ1) is 11.9. The van der Waals surface area contributed by atoms with Gasteiger partial charge in [0.15, 0.2) is 0 Å². The predicted molar refractivity (Wildman–Crippen MR) is 100 cm³/mol. The maximum absolute atomic E-state index is 13.5. The van der Waals surface area contributed by atoms with Crippen LogP contribution in [0.2, 0.25) is 0 Å². The van der Waals surface area contributed by atoms with E-state index in [0.717, 1.165) is 23.1 Å². The van der Waals surface area contributed by atoms with Gasteiger partial charge in [-0.25, -0.2) is 8.42 Å². The fourth-order valence-corrected chi connectivity index (χ4v) is 5.20. The van der Waals surface area contributed by atoms with Crippen LogP contribution in [0.15, 0.2) is 65.7 Å². The lowest BCUT2D eigenvalue weighted by atomic mass is 9.78. The van der Waals surface area contributed by atoms with E-state index in [1.165, 1.54) is 4.31 Å². The van der Waals surface area contributed by atoms with Crippen molar-refractivity contribution in [3.05, 3.63) is 66.4 Å². The Labute approximate surface area is 148 Å². The lowest BCUT2D eigenvalue weighted by molar-refractivity contribution is 0.467. The molecule has 0 N–H and O–H groups in total. The fourth-order valence-electron chi connectivity index (χ4n) is 3.55. The van der Waals surface area contributed by atoms with Crippen LogP contribution in [-0.4, -0.2) is 19.9 Å². The Kier molecular flexibility index (Phi) is 3.58. The fraction of sp³-hybridized carbons (Fsp3) is 0.250. The van der Waals surface area contributed by atoms with Crippen LogP contribution in [0.1, 0.15) is 25.8 Å². The van der Waals surface area contributed by atoms with E-state index in [1.807, 2.05) is 42.5 Å². The van der Waals surface area contributed by atoms with Crippen molar-refractivity contribution in [3.8, 4) is 0 Å². The number of nitrogens with zero attached hydrogens (tertiary/aromatic N) is 2. The van der Waals surface area contributed by atoms with E-state index in [1.54, 1.807) is 18.3 Å². The van der Waals surface area contributed by atoms with Crippen LogP contribution in [0, 0.1) is 0 Å². The first-order valence-electron chi connectivity index (χ1n) is 8.37. The van der Waals surface area contributed by atoms with Gasteiger partial charge in [0, 0.05) is 18.1 Å². The second kappa shape index (κ2) is 5.56. The summed E-state index contributed by atoms with van der Waals surface area (Å²) >= 11 is 0. The van der Waals surface area contributed by atoms with Crippen molar-refractivity contribution in [3.63, 3.8) is 0 Å². The van der Waals surface area contributed by atoms with Crippen LogP contribution >= 0.6 is 0 Å². The molecule has 1 aliphatic rings. The minimum Gasteiger partial charge on any atom is -0.266 e. The molecule has 2 heterocycles. The number of rotatable bonds is 2. The number of benzene rings is 2. The van der Waals surface area contributed by atoms with Crippen molar-refractivity contribution in [1.82, 2.24) is 4.98 Å². The van der Waals surface area contributed by atoms with Gasteiger partial charge in [0.2, 0.25) is 0 Å². The molecule has 0 bridgehead atoms. The average Bonchev–Trinajstić information content (AvgIpc) is 2.61. The topological polar surface area (TPSA) is 50.3 Å². The van der Waals surface area contributed by atoms with Crippen molar-refractivity contribution in [2.24, 2.45) is 0 Å². The average molecular weight is 352 g/mol. The molecule has 0 atom stereocenters. The van der Waals surface area contributed by atoms with Crippen molar-refractivity contribution >= 4 is 26.6 Å². The minimum absolute atomic E-state index is 0.0420. The molecule has 4 nitrogen and oxygen atoms in total. The molecule has 0 aliphatic carbocycles. The number of anilines is 1. The molecule has 0 amide bonds. The molecule has 0 radical (unpaired) electrons. The standard InChI is InChI=1S/C20H20N2O2S/c1-20(2)12-14-22(17-10-4-3-9-16(17)20)25(23,24)18-11-5-7-15-8-6-13-21-19(15)18/h3-11,13H,12,14H2,1-2H3. The zero-order chi connectivity index (χ0) is 17.7. The van der Waals surface area contributed by atoms with Crippen LogP contribution in [0.4, 0.5) is 5.69 Å². The number of para-hydroxylation sites is 2. The molecule has 0 saturated heterocycles. The maximum atomic E-state index is 13.5. The summed E-state index contributed by atoms with van der Waals surface area (Å²) in [6, 6.07) is 16.8. The molecule has 0 spiro atoms. The lowest BCUT2D eigenvalue weighted by Crippen LogP contribution is -2.41. The van der Waals surface area contributed by atoms with Gasteiger partial charge in [0.05, 0.1) is 11.2 Å². The van der Waals surface area contributed by atoms with Crippen LogP contribution < -0.4 is 4.31 Å². The van der Waals surface area contributed by atoms with E-state index in [-0.39, 0.29) is 10.3 Å². The van der Waals surface area contributed by atoms with Crippen molar-refractivity contribution in [2.75, 3.05) is 10.8 Å². The highest BCUT2D eigenvalue weighted by Gasteiger charge is 2.37. The molecule has 0 fully saturated rings. The molecule has 5 heteroatoms. The van der Waals surface area contributed by atoms with E-state index in [0.29, 0.717) is 12.1 Å². The zero-order valence-electron chi connectivity index (χ0n) is 14.3. The number of sulfonamides is 1. The Balaban J connectivity index is 1.92. The zero-order valence-corrected chi connectivity index (χ0v) is 15.1. The number of hydrogen-bond acceptors (Lipinski definition) is 3. The Morgan fingerprint density at radius 1 is 1.00 bits per heavy atom. The van der Waals surface area contributed by atoms with Crippen LogP contribution in [-0.2, 0) is 15.4 Å². The van der Waals surface area contributed by atoms with Gasteiger partial charge in [-0.3, -0.25) is 9.29 Å². The summed E-state index contributed by atoms with van der Waals surface area (Å²) in [6.07, 6.45) is 2.41. The molecule has 128 valence electrons. The quantitative estimate of drug-likeness (QED) is 0.697. The van der Waals surface area contributed by atoms with Gasteiger partial charge in [-0.1, -0.05) is 50.2 Å². The summed E-state index contributed by atoms with van der Waals surface area (Å²) in [7, 11) is -3.68. The van der Waals surface area contributed by atoms with Crippen molar-refractivity contribution < 1.29 is 8.42 Å². The summed E-state index contributed by atoms with van der Waals surface area (Å²) in [5.74, 6) is 0. The Morgan fingerprint density at radius 2 is 1.76 bits per heavy atom. The van der Waals surface area contributed by atoms with Gasteiger partial charge in [-0.15, -0.1) is 0 Å². The second-order valence-electron chi connectivity index (χ2n) is 7.06. The summed E-state index contributed by atoms with van der Waals surface area (Å²) < 4.78 is 28.5. The predicted octanol–water partition coefficient (Wildman–Crippen LogP) is 4.11. The highest BCUT2D eigenvalue weighted by molar-refractivity contribution is 7.93. The summed E-state index contributed by atoms with van der Waals surface area (Å²) in [4.78, 5) is 4.59. The van der Waals surface area contributed by atoms with E-state index < -0.39 is 10.0 Å². The largest absolute Gasteiger partial charge is 0.266 e. The van der Waals surface area contributed by atoms with Gasteiger partial charge in [-0.05, 0) is 35.6 Å². The van der Waals surface area contributed by atoms with Gasteiger partial charge in [0.25, 0.3) is 10.0 Å². The first kappa shape index (κ1) is 16.1. The SMILES string of the molecule is CC1(C)CCN(S(=O)(=O)c2cccc3cccnc23)c2ccccc21. The van der Waals surface area contributed by atoms with E-state index in [4.69, 9.17) is 0 Å². The van der Waals surface area contributed by atoms with Gasteiger partial charge < -0.3 is 0 Å². The molecule has 4 rings (SSSR count). The van der Waals surface area contributed by atoms with Gasteiger partial charge in [-0.2, -0.15) is 0 Å². The molecule has 0 saturated carbocycles. The van der Waals surface area contributed by atoms with E-state index in [9.17, 15) is 8.42 Å². The van der Waals surface area contributed by atoms with Crippen LogP contribution in [0.5, 0.6) is 0 Å². The molecule has 0 unspecified atom stereocenters. The number of fused-ring (bicyclic) bond motifs is 2. The molecular weight excluding hydrogens is 332 g/mol. The van der Waals surface area contributed by atoms with Crippen LogP contribution in [0.25, 0.3) is 10.9 Å². The molecule has 25 heavy (non-hydrogen) atoms. The molecule has 2 aromatic carbocycles. The Morgan fingerprint density at radius 3 is 2.60 bits per heavy atom. The molecular formula is C20H20N2O2S. The molecule has 3 aromatic rings. The van der Waals surface area contributed by atoms with E-state index in [2.05, 4.69) is 18.8 Å². The third kappa shape index (κ3) is 2.50. The Hall–Kier alpha value is -2.40. The number of hydrogen-bond donors (Lipinski definition) is 0. The highest BCUT2D eigenvalue weighted by Crippen LogP contribution is 2.42. The van der Waals surface area contributed by atoms with Gasteiger partial charge in [0.1, 0.15) is 4.90 Å². The minimum atomic E-state index is -3.68. The van der Waals surface area contributed by atoms with Crippen molar-refractivity contribution in [1.29, 1.82) is 0 Å². The number of pyridine rings is 1. The number of aromatic nitrogens is 1. The Bertz CT molecular complexity index is 1050. The van der Waals surface area contributed by atoms with E-state index >= 15 is 0 Å². The smallest absolute Gasteiger partial charge is 0.266 e. The summed E-state index contributed by atoms with van der Waals surface area (Å²) in [5, 5.41) is 0.828. The maximum Gasteiger partial charge on any atom is 0.266 e. The molecule has 1 aliphatic heterocycles. The van der Waals surface area contributed by atoms with Crippen molar-refractivity contribution in [2.45, 2.75) is 30.6 Å².